The summed E-state index contributed by atoms with van der Waals surface area (Å²) in [6.07, 6.45) is 0. The van der Waals surface area contributed by atoms with E-state index in [-0.39, 0.29) is 75.4 Å². The number of hydrogen-bond acceptors (Lipinski definition) is 2. The Kier molecular flexibility index (Phi) is 75.6. The van der Waals surface area contributed by atoms with Crippen LogP contribution in [0.1, 0.15) is 0 Å². The second kappa shape index (κ2) is 18.6. The van der Waals surface area contributed by atoms with Crippen molar-refractivity contribution < 1.29 is 75.4 Å². The van der Waals surface area contributed by atoms with Gasteiger partial charge in [0, 0.05) is 0 Å². The molecule has 0 spiro atoms. The van der Waals surface area contributed by atoms with Crippen LogP contribution in [0.3, 0.4) is 0 Å². The molecule has 0 amide bonds. The summed E-state index contributed by atoms with van der Waals surface area (Å²) in [5.41, 5.74) is 0. The van der Waals surface area contributed by atoms with Gasteiger partial charge >= 0.3 is 51.4 Å². The average Bonchev–Trinajstić information content (AvgIpc) is 1.00. The van der Waals surface area contributed by atoms with Crippen LogP contribution in [0.2, 0.25) is 0 Å². The molecule has 0 unspecified atom stereocenters. The number of nitrogens with two attached hydrogens (primary N) is 2. The summed E-state index contributed by atoms with van der Waals surface area (Å²) in [5.74, 6) is 8.00. The number of rotatable bonds is 0. The summed E-state index contributed by atoms with van der Waals surface area (Å²) in [5, 5.41) is 0. The maximum Gasteiger partial charge on any atom is 1.00 e. The summed E-state index contributed by atoms with van der Waals surface area (Å²) in [7, 11) is 0. The second-order valence-electron chi connectivity index (χ2n) is 0. The van der Waals surface area contributed by atoms with Gasteiger partial charge in [0.05, 0.1) is 0 Å². The van der Waals surface area contributed by atoms with Gasteiger partial charge in [-0.1, -0.05) is 0 Å². The first-order valence-electron chi connectivity index (χ1n) is 0.333. The molecular formula is H4IKN2. The van der Waals surface area contributed by atoms with Crippen LogP contribution in [0.5, 0.6) is 0 Å². The first-order chi connectivity index (χ1) is 1.00. The molecule has 0 bridgehead atoms. The zero-order chi connectivity index (χ0) is 2.00. The zero-order valence-corrected chi connectivity index (χ0v) is 7.81. The van der Waals surface area contributed by atoms with Gasteiger partial charge in [-0.15, -0.1) is 0 Å². The number of hydrazine groups is 1. The molecule has 0 aliphatic heterocycles. The summed E-state index contributed by atoms with van der Waals surface area (Å²) in [6, 6.07) is 0. The minimum atomic E-state index is 0. The molecule has 22 valence electrons. The third-order valence-corrected chi connectivity index (χ3v) is 0. The van der Waals surface area contributed by atoms with Crippen LogP contribution in [0.25, 0.3) is 0 Å². The third-order valence-electron chi connectivity index (χ3n) is 0. The van der Waals surface area contributed by atoms with E-state index < -0.39 is 0 Å². The molecule has 0 heterocycles. The summed E-state index contributed by atoms with van der Waals surface area (Å²) < 4.78 is 0. The predicted octanol–water partition coefficient (Wildman–Crippen LogP) is -7.17. The fourth-order valence-corrected chi connectivity index (χ4v) is 0. The Morgan fingerprint density at radius 2 is 1.00 bits per heavy atom. The standard InChI is InChI=1S/HI.K.H4N2/c;;1-2/h1H;;1-2H2/q;+1;/p-1. The van der Waals surface area contributed by atoms with Crippen LogP contribution in [0, 0.1) is 0 Å². The monoisotopic (exact) mass is 198 g/mol. The van der Waals surface area contributed by atoms with E-state index in [9.17, 15) is 0 Å². The van der Waals surface area contributed by atoms with Gasteiger partial charge in [-0.25, -0.2) is 0 Å². The SMILES string of the molecule is NN.[I-].[K+]. The smallest absolute Gasteiger partial charge is 1.00 e. The Morgan fingerprint density at radius 3 is 1.00 bits per heavy atom. The van der Waals surface area contributed by atoms with Crippen molar-refractivity contribution >= 4 is 0 Å². The van der Waals surface area contributed by atoms with Crippen molar-refractivity contribution in [2.24, 2.45) is 11.7 Å². The molecule has 4 heavy (non-hydrogen) atoms. The molecule has 0 aliphatic carbocycles. The van der Waals surface area contributed by atoms with Crippen LogP contribution in [0.15, 0.2) is 0 Å². The van der Waals surface area contributed by atoms with E-state index in [1.54, 1.807) is 0 Å². The maximum atomic E-state index is 4.00. The average molecular weight is 198 g/mol. The molecule has 0 rings (SSSR count). The quantitative estimate of drug-likeness (QED) is 0.176. The van der Waals surface area contributed by atoms with Gasteiger partial charge in [-0.3, -0.25) is 11.7 Å². The molecular weight excluding hydrogens is 194 g/mol. The van der Waals surface area contributed by atoms with E-state index in [1.807, 2.05) is 0 Å². The zero-order valence-electron chi connectivity index (χ0n) is 2.53. The van der Waals surface area contributed by atoms with Crippen LogP contribution < -0.4 is 87.0 Å². The van der Waals surface area contributed by atoms with Crippen molar-refractivity contribution in [3.8, 4) is 0 Å². The van der Waals surface area contributed by atoms with Gasteiger partial charge in [0.2, 0.25) is 0 Å². The Labute approximate surface area is 85.1 Å². The second-order valence-corrected chi connectivity index (χ2v) is 0. The van der Waals surface area contributed by atoms with E-state index in [2.05, 4.69) is 11.7 Å². The van der Waals surface area contributed by atoms with Crippen LogP contribution in [0.4, 0.5) is 0 Å². The van der Waals surface area contributed by atoms with Crippen molar-refractivity contribution in [3.05, 3.63) is 0 Å². The molecule has 0 atom stereocenters. The van der Waals surface area contributed by atoms with Crippen molar-refractivity contribution in [2.75, 3.05) is 0 Å². The Hall–Kier alpha value is 2.29. The number of halogens is 1. The molecule has 0 aromatic carbocycles. The molecule has 0 saturated heterocycles. The molecule has 0 aliphatic rings. The number of hydrogen-bond donors (Lipinski definition) is 2. The van der Waals surface area contributed by atoms with Crippen LogP contribution >= 0.6 is 0 Å². The van der Waals surface area contributed by atoms with E-state index in [0.717, 1.165) is 0 Å². The molecule has 0 aromatic heterocycles. The van der Waals surface area contributed by atoms with Gasteiger partial charge in [0.1, 0.15) is 0 Å². The minimum absolute atomic E-state index is 0. The molecule has 4 heteroatoms. The van der Waals surface area contributed by atoms with Crippen molar-refractivity contribution in [2.45, 2.75) is 0 Å². The van der Waals surface area contributed by atoms with Gasteiger partial charge < -0.3 is 24.0 Å². The van der Waals surface area contributed by atoms with E-state index in [0.29, 0.717) is 0 Å². The molecule has 2 nitrogen and oxygen atoms in total. The van der Waals surface area contributed by atoms with Gasteiger partial charge in [-0.2, -0.15) is 0 Å². The molecule has 0 fully saturated rings. The minimum Gasteiger partial charge on any atom is -1.00 e. The Bertz CT molecular complexity index is 6.00. The largest absolute Gasteiger partial charge is 1.00 e. The van der Waals surface area contributed by atoms with Gasteiger partial charge in [0.25, 0.3) is 0 Å². The molecule has 0 saturated carbocycles. The summed E-state index contributed by atoms with van der Waals surface area (Å²) >= 11 is 0. The Morgan fingerprint density at radius 1 is 1.00 bits per heavy atom. The van der Waals surface area contributed by atoms with Gasteiger partial charge in [-0.05, 0) is 0 Å². The normalized spacial score (nSPS) is 1.50. The van der Waals surface area contributed by atoms with Crippen molar-refractivity contribution in [1.29, 1.82) is 0 Å². The predicted molar refractivity (Wildman–Crippen MR) is 8.37 cm³/mol. The topological polar surface area (TPSA) is 52.0 Å². The van der Waals surface area contributed by atoms with Crippen LogP contribution in [-0.2, 0) is 0 Å². The molecule has 4 N–H and O–H groups in total. The van der Waals surface area contributed by atoms with E-state index in [4.69, 9.17) is 0 Å². The Balaban J connectivity index is -0.00000000500. The first kappa shape index (κ1) is 16.3. The summed E-state index contributed by atoms with van der Waals surface area (Å²) in [4.78, 5) is 0. The van der Waals surface area contributed by atoms with Crippen molar-refractivity contribution in [1.82, 2.24) is 0 Å². The fourth-order valence-electron chi connectivity index (χ4n) is 0. The van der Waals surface area contributed by atoms with Gasteiger partial charge in [0.15, 0.2) is 0 Å². The van der Waals surface area contributed by atoms with Crippen LogP contribution in [-0.4, -0.2) is 0 Å². The van der Waals surface area contributed by atoms with Crippen molar-refractivity contribution in [3.63, 3.8) is 0 Å². The maximum absolute atomic E-state index is 4.00. The first-order valence-corrected chi connectivity index (χ1v) is 0.333. The fraction of sp³-hybridized carbons (Fsp3) is 0. The summed E-state index contributed by atoms with van der Waals surface area (Å²) in [6.45, 7) is 0. The molecule has 0 radical (unpaired) electrons. The molecule has 0 aromatic rings. The van der Waals surface area contributed by atoms with E-state index in [1.165, 1.54) is 0 Å². The third kappa shape index (κ3) is 8.86. The van der Waals surface area contributed by atoms with E-state index >= 15 is 0 Å².